The van der Waals surface area contributed by atoms with Crippen LogP contribution in [0.4, 0.5) is 5.69 Å². The van der Waals surface area contributed by atoms with E-state index in [-0.39, 0.29) is 10.6 Å². The molecular formula is C15H12N4O2S. The van der Waals surface area contributed by atoms with Crippen LogP contribution in [0.5, 0.6) is 0 Å². The van der Waals surface area contributed by atoms with Gasteiger partial charge in [-0.3, -0.25) is 14.8 Å². The molecule has 4 rings (SSSR count). The maximum absolute atomic E-state index is 11.3. The predicted octanol–water partition coefficient (Wildman–Crippen LogP) is 3.03. The molecule has 0 saturated heterocycles. The van der Waals surface area contributed by atoms with Crippen LogP contribution < -0.4 is 5.73 Å². The van der Waals surface area contributed by atoms with Crippen LogP contribution in [0.2, 0.25) is 0 Å². The molecule has 0 saturated carbocycles. The second-order valence-corrected chi connectivity index (χ2v) is 6.08. The number of hydrogen-bond acceptors (Lipinski definition) is 5. The number of hydrogen-bond donors (Lipinski definition) is 1. The van der Waals surface area contributed by atoms with E-state index in [1.54, 1.807) is 12.1 Å². The Hall–Kier alpha value is -2.38. The van der Waals surface area contributed by atoms with Gasteiger partial charge < -0.3 is 5.73 Å². The highest BCUT2D eigenvalue weighted by molar-refractivity contribution is 8.00. The lowest BCUT2D eigenvalue weighted by Gasteiger charge is -2.14. The van der Waals surface area contributed by atoms with Gasteiger partial charge in [-0.25, -0.2) is 0 Å². The molecule has 2 aromatic carbocycles. The number of nitrogens with two attached hydrogens (primary N) is 1. The van der Waals surface area contributed by atoms with Gasteiger partial charge in [-0.15, -0.1) is 0 Å². The Morgan fingerprint density at radius 1 is 1.27 bits per heavy atom. The standard InChI is InChI=1S/C15H12N4O2S/c16-7-8-18-10-5-6-11(19(20)21)15-13(10)14(17-18)9-3-1-2-4-12(9)22-15/h1-6H,7-8,16H2. The lowest BCUT2D eigenvalue weighted by atomic mass is 10.1. The lowest BCUT2D eigenvalue weighted by Crippen LogP contribution is -2.10. The molecule has 6 nitrogen and oxygen atoms in total. The molecule has 7 heteroatoms. The number of fused-ring (bicyclic) bond motifs is 2. The molecule has 0 radical (unpaired) electrons. The van der Waals surface area contributed by atoms with Gasteiger partial charge >= 0.3 is 0 Å². The Bertz CT molecular complexity index is 919. The van der Waals surface area contributed by atoms with Crippen LogP contribution in [0, 0.1) is 10.1 Å². The fourth-order valence-electron chi connectivity index (χ4n) is 2.82. The van der Waals surface area contributed by atoms with Gasteiger partial charge in [-0.2, -0.15) is 5.10 Å². The highest BCUT2D eigenvalue weighted by Gasteiger charge is 2.29. The van der Waals surface area contributed by atoms with E-state index in [4.69, 9.17) is 5.73 Å². The van der Waals surface area contributed by atoms with Crippen LogP contribution in [0.1, 0.15) is 0 Å². The molecule has 0 bridgehead atoms. The highest BCUT2D eigenvalue weighted by Crippen LogP contribution is 2.50. The van der Waals surface area contributed by atoms with Crippen LogP contribution in [0.3, 0.4) is 0 Å². The first-order valence-electron chi connectivity index (χ1n) is 6.86. The van der Waals surface area contributed by atoms with Gasteiger partial charge in [0.25, 0.3) is 5.69 Å². The topological polar surface area (TPSA) is 87.0 Å². The minimum atomic E-state index is -0.334. The maximum atomic E-state index is 11.3. The van der Waals surface area contributed by atoms with Crippen molar-refractivity contribution in [2.75, 3.05) is 6.54 Å². The molecule has 22 heavy (non-hydrogen) atoms. The number of benzene rings is 2. The van der Waals surface area contributed by atoms with Crippen molar-refractivity contribution in [1.29, 1.82) is 0 Å². The first-order valence-corrected chi connectivity index (χ1v) is 7.67. The summed E-state index contributed by atoms with van der Waals surface area (Å²) in [5.41, 5.74) is 8.49. The summed E-state index contributed by atoms with van der Waals surface area (Å²) in [6, 6.07) is 11.2. The van der Waals surface area contributed by atoms with Crippen molar-refractivity contribution in [3.8, 4) is 11.3 Å². The molecule has 0 unspecified atom stereocenters. The average molecular weight is 312 g/mol. The molecule has 3 aromatic rings. The van der Waals surface area contributed by atoms with Crippen LogP contribution in [-0.4, -0.2) is 21.2 Å². The van der Waals surface area contributed by atoms with Crippen molar-refractivity contribution in [1.82, 2.24) is 9.78 Å². The number of nitro benzene ring substituents is 1. The summed E-state index contributed by atoms with van der Waals surface area (Å²) < 4.78 is 1.83. The van der Waals surface area contributed by atoms with Crippen LogP contribution in [0.15, 0.2) is 46.2 Å². The molecule has 0 fully saturated rings. The van der Waals surface area contributed by atoms with Gasteiger partial charge in [0, 0.05) is 28.5 Å². The smallest absolute Gasteiger partial charge is 0.284 e. The second kappa shape index (κ2) is 4.82. The SMILES string of the molecule is NCCn1nc2c3c(c([N+](=O)[O-])ccc31)Sc1ccccc1-2. The van der Waals surface area contributed by atoms with Crippen LogP contribution >= 0.6 is 11.8 Å². The van der Waals surface area contributed by atoms with Gasteiger partial charge in [0.15, 0.2) is 0 Å². The number of nitrogens with zero attached hydrogens (tertiary/aromatic N) is 3. The third-order valence-corrected chi connectivity index (χ3v) is 4.94. The Morgan fingerprint density at radius 3 is 2.86 bits per heavy atom. The third kappa shape index (κ3) is 1.76. The quantitative estimate of drug-likeness (QED) is 0.464. The zero-order valence-electron chi connectivity index (χ0n) is 11.5. The van der Waals surface area contributed by atoms with Gasteiger partial charge in [-0.05, 0) is 12.1 Å². The van der Waals surface area contributed by atoms with Gasteiger partial charge in [0.2, 0.25) is 0 Å². The molecule has 1 aliphatic heterocycles. The lowest BCUT2D eigenvalue weighted by molar-refractivity contribution is -0.387. The molecule has 1 aliphatic rings. The van der Waals surface area contributed by atoms with Gasteiger partial charge in [-0.1, -0.05) is 30.0 Å². The van der Waals surface area contributed by atoms with E-state index in [9.17, 15) is 10.1 Å². The van der Waals surface area contributed by atoms with E-state index >= 15 is 0 Å². The fourth-order valence-corrected chi connectivity index (χ4v) is 4.01. The Labute approximate surface area is 130 Å². The van der Waals surface area contributed by atoms with E-state index < -0.39 is 0 Å². The zero-order valence-corrected chi connectivity index (χ0v) is 12.3. The largest absolute Gasteiger partial charge is 0.329 e. The Balaban J connectivity index is 2.12. The van der Waals surface area contributed by atoms with Crippen molar-refractivity contribution in [3.05, 3.63) is 46.5 Å². The van der Waals surface area contributed by atoms with Crippen molar-refractivity contribution < 1.29 is 4.92 Å². The van der Waals surface area contributed by atoms with E-state index in [1.807, 2.05) is 28.9 Å². The molecule has 2 N–H and O–H groups in total. The monoisotopic (exact) mass is 312 g/mol. The highest BCUT2D eigenvalue weighted by atomic mass is 32.2. The molecule has 2 heterocycles. The first kappa shape index (κ1) is 13.3. The summed E-state index contributed by atoms with van der Waals surface area (Å²) in [6.07, 6.45) is 0. The Kier molecular flexibility index (Phi) is 2.91. The molecule has 1 aromatic heterocycles. The molecule has 0 atom stereocenters. The number of aromatic nitrogens is 2. The van der Waals surface area contributed by atoms with Crippen LogP contribution in [-0.2, 0) is 6.54 Å². The summed E-state index contributed by atoms with van der Waals surface area (Å²) in [7, 11) is 0. The molecule has 110 valence electrons. The van der Waals surface area contributed by atoms with Crippen molar-refractivity contribution in [2.24, 2.45) is 5.73 Å². The molecule has 0 amide bonds. The van der Waals surface area contributed by atoms with Crippen molar-refractivity contribution >= 4 is 28.4 Å². The Morgan fingerprint density at radius 2 is 2.09 bits per heavy atom. The van der Waals surface area contributed by atoms with E-state index in [0.29, 0.717) is 18.0 Å². The summed E-state index contributed by atoms with van der Waals surface area (Å²) >= 11 is 1.44. The maximum Gasteiger partial charge on any atom is 0.284 e. The first-order chi connectivity index (χ1) is 10.7. The molecular weight excluding hydrogens is 300 g/mol. The van der Waals surface area contributed by atoms with Crippen LogP contribution in [0.25, 0.3) is 22.2 Å². The van der Waals surface area contributed by atoms with Gasteiger partial charge in [0.05, 0.1) is 17.0 Å². The van der Waals surface area contributed by atoms with Crippen molar-refractivity contribution in [2.45, 2.75) is 16.3 Å². The fraction of sp³-hybridized carbons (Fsp3) is 0.133. The number of rotatable bonds is 3. The third-order valence-electron chi connectivity index (χ3n) is 3.74. The van der Waals surface area contributed by atoms with Gasteiger partial charge in [0.1, 0.15) is 10.6 Å². The number of nitro groups is 1. The van der Waals surface area contributed by atoms with E-state index in [1.165, 1.54) is 11.8 Å². The predicted molar refractivity (Wildman–Crippen MR) is 85.0 cm³/mol. The minimum Gasteiger partial charge on any atom is -0.329 e. The van der Waals surface area contributed by atoms with Crippen molar-refractivity contribution in [3.63, 3.8) is 0 Å². The minimum absolute atomic E-state index is 0.126. The van der Waals surface area contributed by atoms with E-state index in [2.05, 4.69) is 5.10 Å². The summed E-state index contributed by atoms with van der Waals surface area (Å²) in [6.45, 7) is 1.05. The molecule has 0 aliphatic carbocycles. The van der Waals surface area contributed by atoms with E-state index in [0.717, 1.165) is 27.1 Å². The second-order valence-electron chi connectivity index (χ2n) is 5.02. The summed E-state index contributed by atoms with van der Waals surface area (Å²) in [5, 5.41) is 16.9. The summed E-state index contributed by atoms with van der Waals surface area (Å²) in [4.78, 5) is 12.7. The average Bonchev–Trinajstić information content (AvgIpc) is 2.88. The molecule has 0 spiro atoms. The summed E-state index contributed by atoms with van der Waals surface area (Å²) in [5.74, 6) is 0. The zero-order chi connectivity index (χ0) is 15.3. The normalized spacial score (nSPS) is 12.4.